The first-order valence-corrected chi connectivity index (χ1v) is 7.79. The van der Waals surface area contributed by atoms with Gasteiger partial charge in [0.25, 0.3) is 0 Å². The summed E-state index contributed by atoms with van der Waals surface area (Å²) >= 11 is 2.01. The van der Waals surface area contributed by atoms with E-state index in [-0.39, 0.29) is 18.1 Å². The van der Waals surface area contributed by atoms with Gasteiger partial charge in [0.1, 0.15) is 0 Å². The van der Waals surface area contributed by atoms with Gasteiger partial charge in [-0.05, 0) is 6.42 Å². The Morgan fingerprint density at radius 1 is 1.50 bits per heavy atom. The molecule has 2 unspecified atom stereocenters. The van der Waals surface area contributed by atoms with Crippen molar-refractivity contribution in [3.05, 3.63) is 0 Å². The highest BCUT2D eigenvalue weighted by Gasteiger charge is 2.28. The highest BCUT2D eigenvalue weighted by atomic mass is 32.2. The second-order valence-corrected chi connectivity index (χ2v) is 6.02. The van der Waals surface area contributed by atoms with Crippen LogP contribution in [0.25, 0.3) is 0 Å². The first kappa shape index (κ1) is 14.1. The van der Waals surface area contributed by atoms with Crippen molar-refractivity contribution in [3.8, 4) is 0 Å². The predicted octanol–water partition coefficient (Wildman–Crippen LogP) is -0.472. The van der Waals surface area contributed by atoms with E-state index in [2.05, 4.69) is 15.5 Å². The summed E-state index contributed by atoms with van der Waals surface area (Å²) in [6.45, 7) is 4.78. The Morgan fingerprint density at radius 2 is 2.28 bits per heavy atom. The molecule has 2 atom stereocenters. The number of thioether (sulfide) groups is 1. The molecule has 104 valence electrons. The zero-order valence-corrected chi connectivity index (χ0v) is 11.8. The molecule has 0 spiro atoms. The molecule has 2 saturated heterocycles. The third-order valence-electron chi connectivity index (χ3n) is 3.57. The lowest BCUT2D eigenvalue weighted by Gasteiger charge is -2.26. The normalized spacial score (nSPS) is 29.4. The molecular weight excluding hydrogens is 250 g/mol. The van der Waals surface area contributed by atoms with Gasteiger partial charge in [-0.3, -0.25) is 9.69 Å². The van der Waals surface area contributed by atoms with Gasteiger partial charge >= 0.3 is 0 Å². The Labute approximate surface area is 113 Å². The molecule has 1 amide bonds. The van der Waals surface area contributed by atoms with Crippen LogP contribution >= 0.6 is 11.8 Å². The van der Waals surface area contributed by atoms with E-state index in [1.54, 1.807) is 7.11 Å². The zero-order valence-electron chi connectivity index (χ0n) is 11.0. The Balaban J connectivity index is 1.60. The van der Waals surface area contributed by atoms with E-state index in [0.29, 0.717) is 0 Å². The van der Waals surface area contributed by atoms with Gasteiger partial charge in [-0.15, -0.1) is 0 Å². The van der Waals surface area contributed by atoms with E-state index in [1.807, 2.05) is 11.8 Å². The Bertz CT molecular complexity index is 272. The molecule has 2 fully saturated rings. The highest BCUT2D eigenvalue weighted by molar-refractivity contribution is 7.99. The Hall–Kier alpha value is -0.300. The fourth-order valence-corrected chi connectivity index (χ4v) is 3.35. The summed E-state index contributed by atoms with van der Waals surface area (Å²) in [4.78, 5) is 14.3. The van der Waals surface area contributed by atoms with Crippen LogP contribution in [0.4, 0.5) is 0 Å². The quantitative estimate of drug-likeness (QED) is 0.709. The monoisotopic (exact) mass is 273 g/mol. The summed E-state index contributed by atoms with van der Waals surface area (Å²) in [6, 6.07) is -0.0770. The minimum Gasteiger partial charge on any atom is -0.380 e. The lowest BCUT2D eigenvalue weighted by molar-refractivity contribution is -0.123. The molecule has 5 nitrogen and oxygen atoms in total. The smallest absolute Gasteiger partial charge is 0.237 e. The number of carbonyl (C=O) groups is 1. The van der Waals surface area contributed by atoms with Gasteiger partial charge in [-0.1, -0.05) is 0 Å². The number of rotatable bonds is 5. The minimum atomic E-state index is -0.0770. The van der Waals surface area contributed by atoms with Crippen molar-refractivity contribution in [2.24, 2.45) is 0 Å². The number of hydrogen-bond donors (Lipinski definition) is 2. The van der Waals surface area contributed by atoms with Crippen LogP contribution < -0.4 is 10.6 Å². The van der Waals surface area contributed by atoms with Gasteiger partial charge in [0.2, 0.25) is 5.91 Å². The second-order valence-electron chi connectivity index (χ2n) is 4.80. The lowest BCUT2D eigenvalue weighted by Crippen LogP contribution is -2.44. The molecule has 0 aromatic carbocycles. The molecule has 0 aromatic rings. The van der Waals surface area contributed by atoms with Gasteiger partial charge in [0.15, 0.2) is 0 Å². The third kappa shape index (κ3) is 4.12. The second kappa shape index (κ2) is 7.33. The summed E-state index contributed by atoms with van der Waals surface area (Å²) in [7, 11) is 1.70. The van der Waals surface area contributed by atoms with Crippen LogP contribution in [-0.2, 0) is 9.53 Å². The van der Waals surface area contributed by atoms with Crippen LogP contribution in [-0.4, -0.2) is 74.3 Å². The predicted molar refractivity (Wildman–Crippen MR) is 74.0 cm³/mol. The summed E-state index contributed by atoms with van der Waals surface area (Å²) in [5.41, 5.74) is 0. The zero-order chi connectivity index (χ0) is 12.8. The average molecular weight is 273 g/mol. The number of carbonyl (C=O) groups excluding carboxylic acids is 1. The molecule has 2 aliphatic heterocycles. The van der Waals surface area contributed by atoms with Gasteiger partial charge in [0, 0.05) is 51.3 Å². The van der Waals surface area contributed by atoms with Crippen LogP contribution in [0.3, 0.4) is 0 Å². The number of methoxy groups -OCH3 is 1. The van der Waals surface area contributed by atoms with E-state index in [9.17, 15) is 4.79 Å². The molecule has 0 bridgehead atoms. The van der Waals surface area contributed by atoms with Crippen molar-refractivity contribution in [2.45, 2.75) is 18.6 Å². The van der Waals surface area contributed by atoms with Crippen LogP contribution in [0.2, 0.25) is 0 Å². The topological polar surface area (TPSA) is 53.6 Å². The maximum absolute atomic E-state index is 11.9. The Kier molecular flexibility index (Phi) is 5.75. The fraction of sp³-hybridized carbons (Fsp3) is 0.917. The molecule has 18 heavy (non-hydrogen) atoms. The van der Waals surface area contributed by atoms with E-state index in [0.717, 1.165) is 39.1 Å². The molecule has 0 aromatic heterocycles. The van der Waals surface area contributed by atoms with Gasteiger partial charge in [0.05, 0.1) is 12.1 Å². The van der Waals surface area contributed by atoms with E-state index < -0.39 is 0 Å². The molecule has 2 aliphatic rings. The van der Waals surface area contributed by atoms with Crippen LogP contribution in [0.15, 0.2) is 0 Å². The average Bonchev–Trinajstić information content (AvgIpc) is 2.89. The van der Waals surface area contributed by atoms with E-state index in [4.69, 9.17) is 4.74 Å². The third-order valence-corrected chi connectivity index (χ3v) is 4.51. The largest absolute Gasteiger partial charge is 0.380 e. The fourth-order valence-electron chi connectivity index (χ4n) is 2.37. The Morgan fingerprint density at radius 3 is 2.94 bits per heavy atom. The number of amides is 1. The van der Waals surface area contributed by atoms with E-state index >= 15 is 0 Å². The number of nitrogens with one attached hydrogen (secondary N) is 2. The van der Waals surface area contributed by atoms with E-state index in [1.165, 1.54) is 11.5 Å². The number of nitrogens with zero attached hydrogens (tertiary/aromatic N) is 1. The van der Waals surface area contributed by atoms with Crippen molar-refractivity contribution < 1.29 is 9.53 Å². The summed E-state index contributed by atoms with van der Waals surface area (Å²) in [5, 5.41) is 6.20. The highest BCUT2D eigenvalue weighted by Crippen LogP contribution is 2.10. The molecule has 0 aliphatic carbocycles. The SMILES string of the molecule is COC1CNC(C(=O)NCCN2CCSCC2)C1. The minimum absolute atomic E-state index is 0.0770. The number of hydrogen-bond acceptors (Lipinski definition) is 5. The van der Waals surface area contributed by atoms with Crippen molar-refractivity contribution in [1.29, 1.82) is 0 Å². The van der Waals surface area contributed by atoms with Crippen molar-refractivity contribution in [3.63, 3.8) is 0 Å². The molecular formula is C12H23N3O2S. The standard InChI is InChI=1S/C12H23N3O2S/c1-17-10-8-11(14-9-10)12(16)13-2-3-15-4-6-18-7-5-15/h10-11,14H,2-9H2,1H3,(H,13,16). The maximum atomic E-state index is 11.9. The lowest BCUT2D eigenvalue weighted by atomic mass is 10.2. The van der Waals surface area contributed by atoms with Gasteiger partial charge < -0.3 is 15.4 Å². The van der Waals surface area contributed by atoms with Crippen LogP contribution in [0.1, 0.15) is 6.42 Å². The van der Waals surface area contributed by atoms with Gasteiger partial charge in [-0.2, -0.15) is 11.8 Å². The van der Waals surface area contributed by atoms with Crippen molar-refractivity contribution in [1.82, 2.24) is 15.5 Å². The molecule has 0 radical (unpaired) electrons. The van der Waals surface area contributed by atoms with Crippen molar-refractivity contribution in [2.75, 3.05) is 51.3 Å². The summed E-state index contributed by atoms with van der Waals surface area (Å²) < 4.78 is 5.24. The van der Waals surface area contributed by atoms with Crippen molar-refractivity contribution >= 4 is 17.7 Å². The first-order valence-electron chi connectivity index (χ1n) is 6.63. The molecule has 6 heteroatoms. The van der Waals surface area contributed by atoms with Crippen LogP contribution in [0, 0.1) is 0 Å². The summed E-state index contributed by atoms with van der Waals surface area (Å²) in [6.07, 6.45) is 0.961. The molecule has 2 heterocycles. The van der Waals surface area contributed by atoms with Crippen LogP contribution in [0.5, 0.6) is 0 Å². The van der Waals surface area contributed by atoms with Gasteiger partial charge in [-0.25, -0.2) is 0 Å². The molecule has 2 rings (SSSR count). The summed E-state index contributed by atoms with van der Waals surface area (Å²) in [5.74, 6) is 2.54. The number of ether oxygens (including phenoxy) is 1. The molecule has 0 saturated carbocycles. The maximum Gasteiger partial charge on any atom is 0.237 e. The first-order chi connectivity index (χ1) is 8.79. The molecule has 2 N–H and O–H groups in total.